The summed E-state index contributed by atoms with van der Waals surface area (Å²) in [7, 11) is 0. The van der Waals surface area contributed by atoms with Crippen LogP contribution in [0, 0.1) is 11.2 Å². The average Bonchev–Trinajstić information content (AvgIpc) is 2.96. The zero-order valence-electron chi connectivity index (χ0n) is 13.6. The van der Waals surface area contributed by atoms with Gasteiger partial charge in [-0.15, -0.1) is 0 Å². The molecule has 1 aromatic heterocycles. The second kappa shape index (κ2) is 7.55. The molecular weight excluding hydrogens is 307 g/mol. The van der Waals surface area contributed by atoms with Crippen LogP contribution in [-0.4, -0.2) is 21.4 Å². The van der Waals surface area contributed by atoms with E-state index in [4.69, 9.17) is 10.5 Å². The van der Waals surface area contributed by atoms with Crippen LogP contribution >= 0.6 is 0 Å². The molecule has 0 aliphatic heterocycles. The normalized spacial score (nSPS) is 10.1. The van der Waals surface area contributed by atoms with Crippen molar-refractivity contribution in [3.63, 3.8) is 0 Å². The molecule has 0 unspecified atom stereocenters. The Hall–Kier alpha value is -2.95. The first kappa shape index (κ1) is 17.4. The molecule has 4 nitrogen and oxygen atoms in total. The van der Waals surface area contributed by atoms with Crippen molar-refractivity contribution in [3.8, 4) is 5.69 Å². The van der Waals surface area contributed by atoms with E-state index >= 15 is 0 Å². The van der Waals surface area contributed by atoms with E-state index in [1.807, 2.05) is 35.0 Å². The molecule has 0 radical (unpaired) electrons. The van der Waals surface area contributed by atoms with E-state index in [9.17, 15) is 9.18 Å². The van der Waals surface area contributed by atoms with Gasteiger partial charge in [0.2, 0.25) is 0 Å². The number of fused-ring (bicyclic) bond motifs is 1. The number of aliphatic carboxylic acids is 1. The van der Waals surface area contributed by atoms with Gasteiger partial charge in [-0.3, -0.25) is 4.79 Å². The monoisotopic (exact) mass is 326 g/mol. The largest absolute Gasteiger partial charge is 0.481 e. The van der Waals surface area contributed by atoms with Gasteiger partial charge in [0, 0.05) is 35.0 Å². The number of carboxylic acids is 1. The minimum absolute atomic E-state index is 0.222. The van der Waals surface area contributed by atoms with Crippen molar-refractivity contribution in [2.75, 3.05) is 0 Å². The van der Waals surface area contributed by atoms with Crippen LogP contribution in [0.4, 0.5) is 4.39 Å². The van der Waals surface area contributed by atoms with E-state index in [1.54, 1.807) is 26.0 Å². The van der Waals surface area contributed by atoms with E-state index in [0.29, 0.717) is 5.71 Å². The second-order valence-corrected chi connectivity index (χ2v) is 5.28. The predicted octanol–water partition coefficient (Wildman–Crippen LogP) is 4.64. The highest BCUT2D eigenvalue weighted by Gasteiger charge is 2.10. The van der Waals surface area contributed by atoms with Gasteiger partial charge in [0.1, 0.15) is 5.82 Å². The van der Waals surface area contributed by atoms with Crippen molar-refractivity contribution in [3.05, 3.63) is 66.1 Å². The number of para-hydroxylation sites is 1. The van der Waals surface area contributed by atoms with Gasteiger partial charge in [-0.25, -0.2) is 4.39 Å². The fourth-order valence-electron chi connectivity index (χ4n) is 2.29. The van der Waals surface area contributed by atoms with Gasteiger partial charge in [-0.2, -0.15) is 0 Å². The Morgan fingerprint density at radius 1 is 1.17 bits per heavy atom. The molecule has 3 rings (SSSR count). The first-order valence-electron chi connectivity index (χ1n) is 7.57. The number of carboxylic acid groups (broad SMARTS) is 1. The van der Waals surface area contributed by atoms with Crippen LogP contribution in [0.15, 0.2) is 54.7 Å². The summed E-state index contributed by atoms with van der Waals surface area (Å²) in [5.41, 5.74) is 3.35. The topological polar surface area (TPSA) is 66.1 Å². The maximum absolute atomic E-state index is 13.0. The number of hydrogen-bond acceptors (Lipinski definition) is 2. The third kappa shape index (κ3) is 3.87. The number of rotatable bonds is 3. The Morgan fingerprint density at radius 2 is 1.75 bits per heavy atom. The molecule has 0 bridgehead atoms. The van der Waals surface area contributed by atoms with Gasteiger partial charge in [0.05, 0.1) is 5.52 Å². The molecule has 3 aromatic rings. The zero-order chi connectivity index (χ0) is 17.7. The number of halogens is 1. The minimum atomic E-state index is -0.745. The molecular formula is C19H19FN2O2. The smallest absolute Gasteiger partial charge is 0.303 e. The quantitative estimate of drug-likeness (QED) is 0.689. The van der Waals surface area contributed by atoms with Gasteiger partial charge in [0.25, 0.3) is 0 Å². The molecule has 2 N–H and O–H groups in total. The fraction of sp³-hybridized carbons (Fsp3) is 0.158. The molecule has 24 heavy (non-hydrogen) atoms. The molecule has 0 fully saturated rings. The molecule has 2 aromatic carbocycles. The molecule has 0 aliphatic carbocycles. The SMILES string of the molecule is CC(=N)c1cn(-c2ccc(F)cc2)c2ccccc12.CCC(=O)O. The summed E-state index contributed by atoms with van der Waals surface area (Å²) in [5, 5.41) is 16.6. The third-order valence-corrected chi connectivity index (χ3v) is 3.52. The lowest BCUT2D eigenvalue weighted by atomic mass is 10.1. The first-order chi connectivity index (χ1) is 11.4. The van der Waals surface area contributed by atoms with Gasteiger partial charge in [-0.1, -0.05) is 25.1 Å². The Kier molecular flexibility index (Phi) is 5.47. The molecule has 0 saturated heterocycles. The third-order valence-electron chi connectivity index (χ3n) is 3.52. The van der Waals surface area contributed by atoms with E-state index in [0.717, 1.165) is 22.2 Å². The maximum atomic E-state index is 13.0. The number of aromatic nitrogens is 1. The second-order valence-electron chi connectivity index (χ2n) is 5.28. The number of benzene rings is 2. The van der Waals surface area contributed by atoms with Crippen LogP contribution in [-0.2, 0) is 4.79 Å². The summed E-state index contributed by atoms with van der Waals surface area (Å²) in [5.74, 6) is -0.992. The van der Waals surface area contributed by atoms with Crippen LogP contribution in [0.2, 0.25) is 0 Å². The molecule has 0 saturated carbocycles. The highest BCUT2D eigenvalue weighted by atomic mass is 19.1. The lowest BCUT2D eigenvalue weighted by molar-refractivity contribution is -0.136. The van der Waals surface area contributed by atoms with E-state index < -0.39 is 5.97 Å². The van der Waals surface area contributed by atoms with E-state index in [2.05, 4.69) is 0 Å². The van der Waals surface area contributed by atoms with Gasteiger partial charge in [-0.05, 0) is 37.3 Å². The number of carbonyl (C=O) groups is 1. The van der Waals surface area contributed by atoms with Gasteiger partial charge in [0.15, 0.2) is 0 Å². The Morgan fingerprint density at radius 3 is 2.29 bits per heavy atom. The Balaban J connectivity index is 0.000000368. The highest BCUT2D eigenvalue weighted by molar-refractivity contribution is 6.08. The van der Waals surface area contributed by atoms with E-state index in [1.165, 1.54) is 12.1 Å². The lowest BCUT2D eigenvalue weighted by Crippen LogP contribution is -1.92. The molecule has 0 amide bonds. The highest BCUT2D eigenvalue weighted by Crippen LogP contribution is 2.25. The van der Waals surface area contributed by atoms with Crippen molar-refractivity contribution in [1.29, 1.82) is 5.41 Å². The summed E-state index contributed by atoms with van der Waals surface area (Å²) < 4.78 is 15.0. The zero-order valence-corrected chi connectivity index (χ0v) is 13.6. The number of hydrogen-bond donors (Lipinski definition) is 2. The van der Waals surface area contributed by atoms with Crippen LogP contribution < -0.4 is 0 Å². The summed E-state index contributed by atoms with van der Waals surface area (Å²) in [6.07, 6.45) is 2.15. The Bertz CT molecular complexity index is 867. The summed E-state index contributed by atoms with van der Waals surface area (Å²) >= 11 is 0. The molecule has 0 spiro atoms. The predicted molar refractivity (Wildman–Crippen MR) is 93.7 cm³/mol. The van der Waals surface area contributed by atoms with Crippen molar-refractivity contribution < 1.29 is 14.3 Å². The minimum Gasteiger partial charge on any atom is -0.481 e. The molecule has 1 heterocycles. The average molecular weight is 326 g/mol. The van der Waals surface area contributed by atoms with Crippen molar-refractivity contribution in [2.24, 2.45) is 0 Å². The summed E-state index contributed by atoms with van der Waals surface area (Å²) in [4.78, 5) is 9.37. The number of nitrogens with one attached hydrogen (secondary N) is 1. The van der Waals surface area contributed by atoms with Gasteiger partial charge >= 0.3 is 5.97 Å². The van der Waals surface area contributed by atoms with Gasteiger partial charge < -0.3 is 15.1 Å². The van der Waals surface area contributed by atoms with Crippen LogP contribution in [0.5, 0.6) is 0 Å². The Labute approximate surface area is 139 Å². The van der Waals surface area contributed by atoms with Crippen molar-refractivity contribution in [2.45, 2.75) is 20.3 Å². The number of nitrogens with zero attached hydrogens (tertiary/aromatic N) is 1. The molecule has 0 atom stereocenters. The first-order valence-corrected chi connectivity index (χ1v) is 7.57. The molecule has 0 aliphatic rings. The van der Waals surface area contributed by atoms with Crippen LogP contribution in [0.25, 0.3) is 16.6 Å². The lowest BCUT2D eigenvalue weighted by Gasteiger charge is -2.04. The summed E-state index contributed by atoms with van der Waals surface area (Å²) in [6.45, 7) is 3.37. The molecule has 5 heteroatoms. The van der Waals surface area contributed by atoms with E-state index in [-0.39, 0.29) is 12.2 Å². The fourth-order valence-corrected chi connectivity index (χ4v) is 2.29. The van der Waals surface area contributed by atoms with Crippen molar-refractivity contribution in [1.82, 2.24) is 4.57 Å². The van der Waals surface area contributed by atoms with Crippen molar-refractivity contribution >= 4 is 22.6 Å². The van der Waals surface area contributed by atoms with Crippen LogP contribution in [0.1, 0.15) is 25.8 Å². The molecule has 124 valence electrons. The maximum Gasteiger partial charge on any atom is 0.303 e. The van der Waals surface area contributed by atoms with Crippen LogP contribution in [0.3, 0.4) is 0 Å². The standard InChI is InChI=1S/C16H13FN2.C3H6O2/c1-11(18)15-10-19(13-8-6-12(17)7-9-13)16-5-3-2-4-14(15)16;1-2-3(4)5/h2-10,18H,1H3;2H2,1H3,(H,4,5). The summed E-state index contributed by atoms with van der Waals surface area (Å²) in [6, 6.07) is 14.3.